The third-order valence-corrected chi connectivity index (χ3v) is 4.29. The number of hydrogen-bond acceptors (Lipinski definition) is 7. The van der Waals surface area contributed by atoms with Gasteiger partial charge in [0.25, 0.3) is 0 Å². The van der Waals surface area contributed by atoms with Gasteiger partial charge in [0, 0.05) is 47.6 Å². The molecular formula is C22H29N5O3. The summed E-state index contributed by atoms with van der Waals surface area (Å²) >= 11 is 0. The van der Waals surface area contributed by atoms with Crippen molar-refractivity contribution in [2.24, 2.45) is 10.7 Å². The van der Waals surface area contributed by atoms with Crippen molar-refractivity contribution in [2.75, 3.05) is 30.8 Å². The van der Waals surface area contributed by atoms with E-state index in [4.69, 9.17) is 20.9 Å². The van der Waals surface area contributed by atoms with Crippen molar-refractivity contribution in [3.05, 3.63) is 48.3 Å². The Kier molecular flexibility index (Phi) is 9.50. The summed E-state index contributed by atoms with van der Waals surface area (Å²) < 4.78 is 11.1. The first-order valence-corrected chi connectivity index (χ1v) is 9.84. The number of nitrogens with two attached hydrogens (primary N) is 2. The van der Waals surface area contributed by atoms with E-state index in [1.165, 1.54) is 6.20 Å². The summed E-state index contributed by atoms with van der Waals surface area (Å²) in [5.41, 5.74) is 15.7. The molecule has 0 aliphatic carbocycles. The largest absolute Gasteiger partial charge is 0.404 e. The van der Waals surface area contributed by atoms with Gasteiger partial charge in [0.1, 0.15) is 5.82 Å². The molecule has 0 saturated carbocycles. The Labute approximate surface area is 177 Å². The summed E-state index contributed by atoms with van der Waals surface area (Å²) in [5.74, 6) is 0.401. The Morgan fingerprint density at radius 3 is 2.67 bits per heavy atom. The molecule has 1 aromatic carbocycles. The predicted octanol–water partition coefficient (Wildman–Crippen LogP) is 3.06. The number of rotatable bonds is 12. The van der Waals surface area contributed by atoms with Crippen LogP contribution in [0.2, 0.25) is 0 Å². The van der Waals surface area contributed by atoms with Gasteiger partial charge in [0.15, 0.2) is 6.29 Å². The first kappa shape index (κ1) is 23.1. The number of hydrogen-bond donors (Lipinski definition) is 3. The van der Waals surface area contributed by atoms with Gasteiger partial charge in [0.2, 0.25) is 6.41 Å². The van der Waals surface area contributed by atoms with Crippen molar-refractivity contribution in [1.29, 1.82) is 0 Å². The lowest BCUT2D eigenvalue weighted by molar-refractivity contribution is -0.138. The Balaban J connectivity index is 2.08. The number of nitrogen functional groups attached to an aromatic ring is 1. The summed E-state index contributed by atoms with van der Waals surface area (Å²) in [6, 6.07) is 9.23. The predicted molar refractivity (Wildman–Crippen MR) is 121 cm³/mol. The molecule has 1 heterocycles. The second-order valence-electron chi connectivity index (χ2n) is 6.32. The highest BCUT2D eigenvalue weighted by molar-refractivity contribution is 6.10. The number of amides is 1. The molecular weight excluding hydrogens is 382 g/mol. The summed E-state index contributed by atoms with van der Waals surface area (Å²) in [6.07, 6.45) is 6.05. The maximum Gasteiger partial charge on any atom is 0.211 e. The average Bonchev–Trinajstić information content (AvgIpc) is 2.77. The van der Waals surface area contributed by atoms with E-state index < -0.39 is 0 Å². The highest BCUT2D eigenvalue weighted by Crippen LogP contribution is 2.28. The molecule has 8 heteroatoms. The van der Waals surface area contributed by atoms with E-state index in [1.54, 1.807) is 24.5 Å². The second-order valence-corrected chi connectivity index (χ2v) is 6.32. The van der Waals surface area contributed by atoms with Gasteiger partial charge in [0.05, 0.1) is 13.2 Å². The van der Waals surface area contributed by atoms with Crippen LogP contribution in [0.25, 0.3) is 16.7 Å². The van der Waals surface area contributed by atoms with Crippen LogP contribution in [-0.2, 0) is 14.3 Å². The molecule has 2 rings (SSSR count). The number of nitrogens with zero attached hydrogens (tertiary/aromatic N) is 2. The van der Waals surface area contributed by atoms with Crippen LogP contribution in [0, 0.1) is 0 Å². The standard InChI is InChI=1S/C22H29N5O3/c1-3-21(29-4-2)30-10-9-25-13-18(12-23)17-11-20(22(24)26-14-17)16-5-7-19(8-6-16)27-15-28/h5-8,11-15,21H,3-4,9-10,23H2,1-2H3,(H2,24,26)(H,27,28)/b18-12+,25-13?. The van der Waals surface area contributed by atoms with Crippen molar-refractivity contribution in [3.8, 4) is 11.1 Å². The van der Waals surface area contributed by atoms with E-state index in [-0.39, 0.29) is 6.29 Å². The van der Waals surface area contributed by atoms with Crippen molar-refractivity contribution >= 4 is 29.7 Å². The van der Waals surface area contributed by atoms with Crippen molar-refractivity contribution in [2.45, 2.75) is 26.6 Å². The summed E-state index contributed by atoms with van der Waals surface area (Å²) in [4.78, 5) is 19.2. The van der Waals surface area contributed by atoms with Crippen molar-refractivity contribution in [1.82, 2.24) is 4.98 Å². The Hall–Kier alpha value is -3.23. The van der Waals surface area contributed by atoms with Crippen LogP contribution in [0.15, 0.2) is 47.7 Å². The van der Waals surface area contributed by atoms with Gasteiger partial charge in [-0.05, 0) is 37.1 Å². The zero-order chi connectivity index (χ0) is 21.8. The van der Waals surface area contributed by atoms with E-state index in [1.807, 2.05) is 32.0 Å². The van der Waals surface area contributed by atoms with Gasteiger partial charge in [-0.15, -0.1) is 0 Å². The van der Waals surface area contributed by atoms with Crippen LogP contribution in [-0.4, -0.2) is 43.7 Å². The third-order valence-electron chi connectivity index (χ3n) is 4.29. The number of aromatic nitrogens is 1. The highest BCUT2D eigenvalue weighted by Gasteiger charge is 2.08. The molecule has 0 bridgehead atoms. The molecule has 0 saturated heterocycles. The van der Waals surface area contributed by atoms with Crippen LogP contribution < -0.4 is 16.8 Å². The van der Waals surface area contributed by atoms with Crippen molar-refractivity contribution in [3.63, 3.8) is 0 Å². The number of pyridine rings is 1. The number of ether oxygens (including phenoxy) is 2. The van der Waals surface area contributed by atoms with Gasteiger partial charge >= 0.3 is 0 Å². The van der Waals surface area contributed by atoms with Crippen LogP contribution in [0.5, 0.6) is 0 Å². The molecule has 1 amide bonds. The number of aliphatic imine (C=N–C) groups is 1. The molecule has 0 aliphatic heterocycles. The van der Waals surface area contributed by atoms with E-state index in [0.717, 1.165) is 28.7 Å². The lowest BCUT2D eigenvalue weighted by Crippen LogP contribution is -2.17. The smallest absolute Gasteiger partial charge is 0.211 e. The third kappa shape index (κ3) is 6.68. The highest BCUT2D eigenvalue weighted by atomic mass is 16.7. The second kappa shape index (κ2) is 12.4. The molecule has 0 fully saturated rings. The van der Waals surface area contributed by atoms with Crippen molar-refractivity contribution < 1.29 is 14.3 Å². The van der Waals surface area contributed by atoms with Gasteiger partial charge < -0.3 is 26.3 Å². The summed E-state index contributed by atoms with van der Waals surface area (Å²) in [5, 5.41) is 2.60. The minimum atomic E-state index is -0.202. The van der Waals surface area contributed by atoms with E-state index in [9.17, 15) is 4.79 Å². The molecule has 2 aromatic rings. The molecule has 5 N–H and O–H groups in total. The lowest BCUT2D eigenvalue weighted by atomic mass is 10.0. The molecule has 0 radical (unpaired) electrons. The first-order chi connectivity index (χ1) is 14.6. The number of allylic oxidation sites excluding steroid dienone is 1. The molecule has 0 spiro atoms. The van der Waals surface area contributed by atoms with Crippen LogP contribution >= 0.6 is 0 Å². The molecule has 160 valence electrons. The summed E-state index contributed by atoms with van der Waals surface area (Å²) in [7, 11) is 0. The fraction of sp³-hybridized carbons (Fsp3) is 0.318. The van der Waals surface area contributed by atoms with E-state index >= 15 is 0 Å². The van der Waals surface area contributed by atoms with Gasteiger partial charge in [-0.25, -0.2) is 4.98 Å². The zero-order valence-corrected chi connectivity index (χ0v) is 17.4. The fourth-order valence-corrected chi connectivity index (χ4v) is 2.76. The SMILES string of the molecule is CCOC(CC)OCCN=C/C(=C\N)c1cnc(N)c(-c2ccc(NC=O)cc2)c1. The maximum absolute atomic E-state index is 10.6. The number of carbonyl (C=O) groups is 1. The normalized spacial score (nSPS) is 12.8. The van der Waals surface area contributed by atoms with Crippen LogP contribution in [0.3, 0.4) is 0 Å². The van der Waals surface area contributed by atoms with Gasteiger partial charge in [-0.3, -0.25) is 9.79 Å². The van der Waals surface area contributed by atoms with Crippen LogP contribution in [0.4, 0.5) is 11.5 Å². The van der Waals surface area contributed by atoms with Crippen LogP contribution in [0.1, 0.15) is 25.8 Å². The average molecular weight is 412 g/mol. The number of carbonyl (C=O) groups excluding carboxylic acids is 1. The molecule has 8 nitrogen and oxygen atoms in total. The Morgan fingerprint density at radius 1 is 1.27 bits per heavy atom. The van der Waals surface area contributed by atoms with E-state index in [0.29, 0.717) is 37.7 Å². The maximum atomic E-state index is 10.6. The number of nitrogens with one attached hydrogen (secondary N) is 1. The van der Waals surface area contributed by atoms with Gasteiger partial charge in [-0.1, -0.05) is 19.1 Å². The van der Waals surface area contributed by atoms with Gasteiger partial charge in [-0.2, -0.15) is 0 Å². The molecule has 0 aliphatic rings. The topological polar surface area (TPSA) is 125 Å². The number of benzene rings is 1. The quantitative estimate of drug-likeness (QED) is 0.213. The van der Waals surface area contributed by atoms with E-state index in [2.05, 4.69) is 15.3 Å². The molecule has 1 unspecified atom stereocenters. The zero-order valence-electron chi connectivity index (χ0n) is 17.4. The molecule has 1 atom stereocenters. The minimum absolute atomic E-state index is 0.202. The Morgan fingerprint density at radius 2 is 2.03 bits per heavy atom. The Bertz CT molecular complexity index is 866. The summed E-state index contributed by atoms with van der Waals surface area (Å²) in [6.45, 7) is 5.51. The fourth-order valence-electron chi connectivity index (χ4n) is 2.76. The minimum Gasteiger partial charge on any atom is -0.404 e. The lowest BCUT2D eigenvalue weighted by Gasteiger charge is -2.14. The number of anilines is 2. The first-order valence-electron chi connectivity index (χ1n) is 9.84. The molecule has 1 aromatic heterocycles. The monoisotopic (exact) mass is 411 g/mol. The molecule has 30 heavy (non-hydrogen) atoms.